The first-order chi connectivity index (χ1) is 10.1. The minimum atomic E-state index is -0.305. The summed E-state index contributed by atoms with van der Waals surface area (Å²) < 4.78 is 10.7. The summed E-state index contributed by atoms with van der Waals surface area (Å²) in [5.41, 5.74) is 3.30. The molecule has 1 atom stereocenters. The lowest BCUT2D eigenvalue weighted by Crippen LogP contribution is -2.42. The van der Waals surface area contributed by atoms with Crippen LogP contribution >= 0.6 is 12.2 Å². The Morgan fingerprint density at radius 3 is 3.14 bits per heavy atom. The molecule has 1 aromatic carbocycles. The van der Waals surface area contributed by atoms with Crippen molar-refractivity contribution < 1.29 is 14.3 Å². The van der Waals surface area contributed by atoms with E-state index >= 15 is 0 Å². The summed E-state index contributed by atoms with van der Waals surface area (Å²) in [6, 6.07) is 6.04. The summed E-state index contributed by atoms with van der Waals surface area (Å²) in [5.74, 6) is 0. The SMILES string of the molecule is CC(=S)NCC1COC(=O)N1c1ccc2c(c1)COCC2. The second-order valence-corrected chi connectivity index (χ2v) is 5.91. The van der Waals surface area contributed by atoms with Crippen molar-refractivity contribution in [2.45, 2.75) is 26.0 Å². The van der Waals surface area contributed by atoms with E-state index in [-0.39, 0.29) is 12.1 Å². The molecule has 1 saturated heterocycles. The Labute approximate surface area is 129 Å². The zero-order valence-electron chi connectivity index (χ0n) is 11.9. The minimum absolute atomic E-state index is 0.0436. The molecule has 0 aliphatic carbocycles. The lowest BCUT2D eigenvalue weighted by molar-refractivity contribution is 0.111. The number of carbonyl (C=O) groups excluding carboxylic acids is 1. The molecule has 1 fully saturated rings. The predicted molar refractivity (Wildman–Crippen MR) is 83.7 cm³/mol. The van der Waals surface area contributed by atoms with Crippen LogP contribution in [0.2, 0.25) is 0 Å². The molecule has 0 saturated carbocycles. The Balaban J connectivity index is 1.82. The Bertz CT molecular complexity index is 576. The van der Waals surface area contributed by atoms with Crippen LogP contribution in [0, 0.1) is 0 Å². The number of hydrogen-bond acceptors (Lipinski definition) is 4. The molecule has 1 aromatic rings. The van der Waals surface area contributed by atoms with Gasteiger partial charge in [0, 0.05) is 12.2 Å². The topological polar surface area (TPSA) is 50.8 Å². The lowest BCUT2D eigenvalue weighted by atomic mass is 10.0. The molecule has 2 aliphatic rings. The van der Waals surface area contributed by atoms with Crippen LogP contribution in [0.4, 0.5) is 10.5 Å². The first kappa shape index (κ1) is 14.3. The fourth-order valence-electron chi connectivity index (χ4n) is 2.69. The predicted octanol–water partition coefficient (Wildman–Crippen LogP) is 2.02. The van der Waals surface area contributed by atoms with Gasteiger partial charge in [0.05, 0.1) is 24.2 Å². The van der Waals surface area contributed by atoms with Gasteiger partial charge in [0.25, 0.3) is 0 Å². The molecule has 0 radical (unpaired) electrons. The number of nitrogens with one attached hydrogen (secondary N) is 1. The van der Waals surface area contributed by atoms with Crippen LogP contribution in [0.25, 0.3) is 0 Å². The van der Waals surface area contributed by atoms with Crippen LogP contribution in [0.3, 0.4) is 0 Å². The molecular formula is C15H18N2O3S. The Morgan fingerprint density at radius 2 is 2.33 bits per heavy atom. The average Bonchev–Trinajstić information content (AvgIpc) is 2.85. The van der Waals surface area contributed by atoms with Gasteiger partial charge in [-0.3, -0.25) is 4.90 Å². The van der Waals surface area contributed by atoms with E-state index in [1.54, 1.807) is 4.90 Å². The number of fused-ring (bicyclic) bond motifs is 1. The van der Waals surface area contributed by atoms with Crippen molar-refractivity contribution in [3.8, 4) is 0 Å². The minimum Gasteiger partial charge on any atom is -0.447 e. The summed E-state index contributed by atoms with van der Waals surface area (Å²) >= 11 is 5.02. The zero-order chi connectivity index (χ0) is 14.8. The number of carbonyl (C=O) groups is 1. The summed E-state index contributed by atoms with van der Waals surface area (Å²) in [6.07, 6.45) is 0.621. The molecule has 2 heterocycles. The van der Waals surface area contributed by atoms with Gasteiger partial charge in [-0.25, -0.2) is 4.79 Å². The van der Waals surface area contributed by atoms with Crippen molar-refractivity contribution >= 4 is 29.0 Å². The van der Waals surface area contributed by atoms with Gasteiger partial charge in [-0.1, -0.05) is 18.3 Å². The van der Waals surface area contributed by atoms with E-state index in [0.717, 1.165) is 24.3 Å². The average molecular weight is 306 g/mol. The van der Waals surface area contributed by atoms with E-state index in [0.29, 0.717) is 24.7 Å². The molecule has 5 nitrogen and oxygen atoms in total. The molecule has 21 heavy (non-hydrogen) atoms. The number of rotatable bonds is 3. The number of nitrogens with zero attached hydrogens (tertiary/aromatic N) is 1. The Morgan fingerprint density at radius 1 is 1.48 bits per heavy atom. The first-order valence-electron chi connectivity index (χ1n) is 7.05. The van der Waals surface area contributed by atoms with Gasteiger partial charge >= 0.3 is 6.09 Å². The van der Waals surface area contributed by atoms with Crippen LogP contribution in [-0.2, 0) is 22.5 Å². The summed E-state index contributed by atoms with van der Waals surface area (Å²) in [6.45, 7) is 4.16. The molecule has 0 aromatic heterocycles. The quantitative estimate of drug-likeness (QED) is 0.866. The number of cyclic esters (lactones) is 1. The van der Waals surface area contributed by atoms with E-state index < -0.39 is 0 Å². The highest BCUT2D eigenvalue weighted by Gasteiger charge is 2.34. The van der Waals surface area contributed by atoms with Crippen molar-refractivity contribution in [1.82, 2.24) is 5.32 Å². The third-order valence-corrected chi connectivity index (χ3v) is 3.93. The van der Waals surface area contributed by atoms with Gasteiger partial charge in [0.1, 0.15) is 6.61 Å². The third kappa shape index (κ3) is 3.01. The van der Waals surface area contributed by atoms with E-state index in [9.17, 15) is 4.79 Å². The molecule has 3 rings (SSSR count). The second-order valence-electron chi connectivity index (χ2n) is 5.29. The molecule has 1 amide bonds. The second kappa shape index (κ2) is 5.99. The summed E-state index contributed by atoms with van der Waals surface area (Å²) in [5, 5.41) is 3.10. The maximum atomic E-state index is 12.0. The van der Waals surface area contributed by atoms with Crippen LogP contribution in [0.5, 0.6) is 0 Å². The fraction of sp³-hybridized carbons (Fsp3) is 0.467. The molecule has 0 spiro atoms. The van der Waals surface area contributed by atoms with Gasteiger partial charge in [0.15, 0.2) is 0 Å². The third-order valence-electron chi connectivity index (χ3n) is 3.79. The highest BCUT2D eigenvalue weighted by molar-refractivity contribution is 7.80. The van der Waals surface area contributed by atoms with Gasteiger partial charge in [-0.05, 0) is 36.6 Å². The maximum absolute atomic E-state index is 12.0. The monoisotopic (exact) mass is 306 g/mol. The van der Waals surface area contributed by atoms with E-state index in [1.165, 1.54) is 5.56 Å². The number of amides is 1. The van der Waals surface area contributed by atoms with Crippen molar-refractivity contribution in [1.29, 1.82) is 0 Å². The van der Waals surface area contributed by atoms with Gasteiger partial charge in [-0.15, -0.1) is 0 Å². The van der Waals surface area contributed by atoms with Crippen LogP contribution in [-0.4, -0.2) is 36.9 Å². The van der Waals surface area contributed by atoms with Crippen molar-refractivity contribution in [3.63, 3.8) is 0 Å². The molecule has 1 unspecified atom stereocenters. The summed E-state index contributed by atoms with van der Waals surface area (Å²) in [4.78, 5) is 14.4. The van der Waals surface area contributed by atoms with Crippen LogP contribution < -0.4 is 10.2 Å². The molecular weight excluding hydrogens is 288 g/mol. The molecule has 6 heteroatoms. The van der Waals surface area contributed by atoms with Gasteiger partial charge in [-0.2, -0.15) is 0 Å². The number of hydrogen-bond donors (Lipinski definition) is 1. The van der Waals surface area contributed by atoms with E-state index in [1.807, 2.05) is 19.1 Å². The molecule has 1 N–H and O–H groups in total. The molecule has 112 valence electrons. The number of ether oxygens (including phenoxy) is 2. The summed E-state index contributed by atoms with van der Waals surface area (Å²) in [7, 11) is 0. The molecule has 0 bridgehead atoms. The number of benzene rings is 1. The van der Waals surface area contributed by atoms with E-state index in [2.05, 4.69) is 11.4 Å². The highest BCUT2D eigenvalue weighted by Crippen LogP contribution is 2.27. The van der Waals surface area contributed by atoms with Crippen LogP contribution in [0.1, 0.15) is 18.1 Å². The standard InChI is InChI=1S/C15H18N2O3S/c1-10(21)16-7-14-9-20-15(18)17(14)13-3-2-11-4-5-19-8-12(11)6-13/h2-3,6,14H,4-5,7-9H2,1H3,(H,16,21). The fourth-order valence-corrected chi connectivity index (χ4v) is 2.78. The smallest absolute Gasteiger partial charge is 0.414 e. The number of anilines is 1. The first-order valence-corrected chi connectivity index (χ1v) is 7.46. The van der Waals surface area contributed by atoms with E-state index in [4.69, 9.17) is 21.7 Å². The highest BCUT2D eigenvalue weighted by atomic mass is 32.1. The molecule has 2 aliphatic heterocycles. The number of thiocarbonyl (C=S) groups is 1. The van der Waals surface area contributed by atoms with Crippen molar-refractivity contribution in [2.75, 3.05) is 24.7 Å². The maximum Gasteiger partial charge on any atom is 0.414 e. The zero-order valence-corrected chi connectivity index (χ0v) is 12.7. The normalized spacial score (nSPS) is 20.9. The Hall–Kier alpha value is -1.66. The van der Waals surface area contributed by atoms with Crippen molar-refractivity contribution in [3.05, 3.63) is 29.3 Å². The van der Waals surface area contributed by atoms with Crippen LogP contribution in [0.15, 0.2) is 18.2 Å². The van der Waals surface area contributed by atoms with Crippen molar-refractivity contribution in [2.24, 2.45) is 0 Å². The van der Waals surface area contributed by atoms with Gasteiger partial charge < -0.3 is 14.8 Å². The van der Waals surface area contributed by atoms with Gasteiger partial charge in [0.2, 0.25) is 0 Å². The largest absolute Gasteiger partial charge is 0.447 e. The lowest BCUT2D eigenvalue weighted by Gasteiger charge is -2.24. The Kier molecular flexibility index (Phi) is 4.07.